The molecule has 0 bridgehead atoms. The maximum atomic E-state index is 6.21. The molecule has 2 nitrogen and oxygen atoms in total. The van der Waals surface area contributed by atoms with E-state index in [1.165, 1.54) is 32.1 Å². The molecule has 0 aliphatic heterocycles. The lowest BCUT2D eigenvalue weighted by Gasteiger charge is -2.34. The van der Waals surface area contributed by atoms with Crippen molar-refractivity contribution in [1.29, 1.82) is 0 Å². The van der Waals surface area contributed by atoms with Gasteiger partial charge >= 0.3 is 0 Å². The Balaban J connectivity index is 2.23. The molecule has 0 saturated heterocycles. The highest BCUT2D eigenvalue weighted by Crippen LogP contribution is 2.28. The van der Waals surface area contributed by atoms with Crippen molar-refractivity contribution in [2.75, 3.05) is 13.1 Å². The molecule has 1 N–H and O–H groups in total. The van der Waals surface area contributed by atoms with Gasteiger partial charge in [-0.3, -0.25) is 0 Å². The van der Waals surface area contributed by atoms with Gasteiger partial charge in [0.15, 0.2) is 0 Å². The van der Waals surface area contributed by atoms with E-state index in [4.69, 9.17) is 4.74 Å². The number of nitrogens with one attached hydrogen (secondary N) is 1. The first kappa shape index (κ1) is 14.0. The van der Waals surface area contributed by atoms with Crippen molar-refractivity contribution >= 4 is 0 Å². The van der Waals surface area contributed by atoms with E-state index in [0.717, 1.165) is 19.0 Å². The van der Waals surface area contributed by atoms with Crippen molar-refractivity contribution < 1.29 is 4.74 Å². The fraction of sp³-hybridized carbons (Fsp3) is 1.00. The van der Waals surface area contributed by atoms with Gasteiger partial charge in [0.05, 0.1) is 11.7 Å². The molecule has 0 heterocycles. The molecule has 0 aromatic carbocycles. The predicted octanol–water partition coefficient (Wildman–Crippen LogP) is 3.36. The zero-order valence-electron chi connectivity index (χ0n) is 11.5. The smallest absolute Gasteiger partial charge is 0.0754 e. The van der Waals surface area contributed by atoms with E-state index in [2.05, 4.69) is 33.0 Å². The van der Waals surface area contributed by atoms with E-state index in [1.807, 2.05) is 0 Å². The van der Waals surface area contributed by atoms with Crippen LogP contribution in [0.3, 0.4) is 0 Å². The minimum absolute atomic E-state index is 0.0135. The fourth-order valence-corrected chi connectivity index (χ4v) is 2.41. The summed E-state index contributed by atoms with van der Waals surface area (Å²) in [5.74, 6) is 0.904. The maximum Gasteiger partial charge on any atom is 0.0754 e. The number of hydrogen-bond donors (Lipinski definition) is 1. The lowest BCUT2D eigenvalue weighted by Crippen LogP contribution is -2.41. The van der Waals surface area contributed by atoms with Gasteiger partial charge in [-0.05, 0) is 58.4 Å². The van der Waals surface area contributed by atoms with Crippen LogP contribution in [0.5, 0.6) is 0 Å². The molecule has 1 aliphatic rings. The average Bonchev–Trinajstić information content (AvgIpc) is 2.21. The molecule has 0 amide bonds. The van der Waals surface area contributed by atoms with Gasteiger partial charge in [-0.1, -0.05) is 13.8 Å². The molecule has 0 unspecified atom stereocenters. The minimum Gasteiger partial charge on any atom is -0.371 e. The van der Waals surface area contributed by atoms with E-state index >= 15 is 0 Å². The Hall–Kier alpha value is -0.0800. The first-order valence-electron chi connectivity index (χ1n) is 6.92. The van der Waals surface area contributed by atoms with Gasteiger partial charge in [-0.25, -0.2) is 0 Å². The standard InChI is InChI=1S/C14H29NO/c1-5-10-15-11-14(3,4)16-13-8-6-12(2)7-9-13/h12-13,15H,5-11H2,1-4H3. The summed E-state index contributed by atoms with van der Waals surface area (Å²) in [6.07, 6.45) is 6.86. The number of ether oxygens (including phenoxy) is 1. The molecule has 16 heavy (non-hydrogen) atoms. The zero-order chi connectivity index (χ0) is 12.0. The third kappa shape index (κ3) is 5.31. The second-order valence-electron chi connectivity index (χ2n) is 5.94. The van der Waals surface area contributed by atoms with Crippen molar-refractivity contribution in [2.24, 2.45) is 5.92 Å². The summed E-state index contributed by atoms with van der Waals surface area (Å²) in [7, 11) is 0. The molecular weight excluding hydrogens is 198 g/mol. The topological polar surface area (TPSA) is 21.3 Å². The summed E-state index contributed by atoms with van der Waals surface area (Å²) in [6, 6.07) is 0. The Morgan fingerprint density at radius 3 is 2.38 bits per heavy atom. The summed E-state index contributed by atoms with van der Waals surface area (Å²) < 4.78 is 6.21. The molecule has 96 valence electrons. The van der Waals surface area contributed by atoms with Gasteiger partial charge < -0.3 is 10.1 Å². The summed E-state index contributed by atoms with van der Waals surface area (Å²) in [5.41, 5.74) is -0.0135. The average molecular weight is 227 g/mol. The Labute approximate surface area is 101 Å². The second kappa shape index (κ2) is 6.61. The van der Waals surface area contributed by atoms with Crippen LogP contribution in [0.15, 0.2) is 0 Å². The summed E-state index contributed by atoms with van der Waals surface area (Å²) in [6.45, 7) is 11.0. The largest absolute Gasteiger partial charge is 0.371 e. The molecule has 2 heteroatoms. The molecule has 0 aromatic heterocycles. The summed E-state index contributed by atoms with van der Waals surface area (Å²) in [5, 5.41) is 3.45. The molecule has 1 aliphatic carbocycles. The molecule has 1 fully saturated rings. The van der Waals surface area contributed by atoms with Gasteiger partial charge in [-0.15, -0.1) is 0 Å². The van der Waals surface area contributed by atoms with E-state index in [-0.39, 0.29) is 5.60 Å². The van der Waals surface area contributed by atoms with Crippen LogP contribution in [0, 0.1) is 5.92 Å². The SMILES string of the molecule is CCCNCC(C)(C)OC1CCC(C)CC1. The molecule has 0 radical (unpaired) electrons. The van der Waals surface area contributed by atoms with E-state index in [1.54, 1.807) is 0 Å². The highest BCUT2D eigenvalue weighted by Gasteiger charge is 2.26. The molecule has 1 rings (SSSR count). The Bertz CT molecular complexity index is 183. The van der Waals surface area contributed by atoms with Crippen LogP contribution in [0.1, 0.15) is 59.8 Å². The summed E-state index contributed by atoms with van der Waals surface area (Å²) in [4.78, 5) is 0. The van der Waals surface area contributed by atoms with Gasteiger partial charge in [0, 0.05) is 6.54 Å². The van der Waals surface area contributed by atoms with Gasteiger partial charge in [0.25, 0.3) is 0 Å². The normalized spacial score (nSPS) is 27.0. The summed E-state index contributed by atoms with van der Waals surface area (Å²) >= 11 is 0. The van der Waals surface area contributed by atoms with Crippen molar-refractivity contribution in [3.05, 3.63) is 0 Å². The lowest BCUT2D eigenvalue weighted by atomic mass is 9.88. The first-order chi connectivity index (χ1) is 7.53. The van der Waals surface area contributed by atoms with Crippen molar-refractivity contribution in [2.45, 2.75) is 71.5 Å². The van der Waals surface area contributed by atoms with Crippen LogP contribution in [0.25, 0.3) is 0 Å². The predicted molar refractivity (Wildman–Crippen MR) is 69.7 cm³/mol. The fourth-order valence-electron chi connectivity index (χ4n) is 2.41. The zero-order valence-corrected chi connectivity index (χ0v) is 11.5. The molecule has 1 saturated carbocycles. The van der Waals surface area contributed by atoms with Crippen LogP contribution in [0.2, 0.25) is 0 Å². The molecule has 0 atom stereocenters. The minimum atomic E-state index is -0.0135. The lowest BCUT2D eigenvalue weighted by molar-refractivity contribution is -0.0863. The third-order valence-electron chi connectivity index (χ3n) is 3.43. The Kier molecular flexibility index (Phi) is 5.77. The highest BCUT2D eigenvalue weighted by molar-refractivity contribution is 4.77. The monoisotopic (exact) mass is 227 g/mol. The van der Waals surface area contributed by atoms with Crippen LogP contribution >= 0.6 is 0 Å². The second-order valence-corrected chi connectivity index (χ2v) is 5.94. The molecule has 0 aromatic rings. The van der Waals surface area contributed by atoms with Crippen LogP contribution in [-0.2, 0) is 4.74 Å². The van der Waals surface area contributed by atoms with Gasteiger partial charge in [-0.2, -0.15) is 0 Å². The third-order valence-corrected chi connectivity index (χ3v) is 3.43. The van der Waals surface area contributed by atoms with E-state index in [9.17, 15) is 0 Å². The Morgan fingerprint density at radius 1 is 1.19 bits per heavy atom. The molecular formula is C14H29NO. The van der Waals surface area contributed by atoms with Crippen LogP contribution in [0.4, 0.5) is 0 Å². The number of rotatable bonds is 6. The Morgan fingerprint density at radius 2 is 1.81 bits per heavy atom. The van der Waals surface area contributed by atoms with E-state index in [0.29, 0.717) is 6.10 Å². The maximum absolute atomic E-state index is 6.21. The number of hydrogen-bond acceptors (Lipinski definition) is 2. The highest BCUT2D eigenvalue weighted by atomic mass is 16.5. The first-order valence-corrected chi connectivity index (χ1v) is 6.92. The molecule has 0 spiro atoms. The van der Waals surface area contributed by atoms with Crippen molar-refractivity contribution in [3.63, 3.8) is 0 Å². The van der Waals surface area contributed by atoms with Gasteiger partial charge in [0.1, 0.15) is 0 Å². The van der Waals surface area contributed by atoms with Crippen LogP contribution in [-0.4, -0.2) is 24.8 Å². The van der Waals surface area contributed by atoms with Crippen LogP contribution < -0.4 is 5.32 Å². The van der Waals surface area contributed by atoms with Gasteiger partial charge in [0.2, 0.25) is 0 Å². The quantitative estimate of drug-likeness (QED) is 0.703. The van der Waals surface area contributed by atoms with E-state index < -0.39 is 0 Å². The van der Waals surface area contributed by atoms with Crippen molar-refractivity contribution in [3.8, 4) is 0 Å². The van der Waals surface area contributed by atoms with Crippen molar-refractivity contribution in [1.82, 2.24) is 5.32 Å².